The Kier molecular flexibility index (Phi) is 8.66. The van der Waals surface area contributed by atoms with Gasteiger partial charge < -0.3 is 15.2 Å². The van der Waals surface area contributed by atoms with E-state index in [9.17, 15) is 9.90 Å². The number of carbonyl (C=O) groups is 1. The van der Waals surface area contributed by atoms with Crippen LogP contribution in [0.25, 0.3) is 0 Å². The molecule has 0 aliphatic rings. The van der Waals surface area contributed by atoms with Crippen molar-refractivity contribution in [1.82, 2.24) is 5.32 Å². The lowest BCUT2D eigenvalue weighted by Gasteiger charge is -2.18. The monoisotopic (exact) mass is 407 g/mol. The zero-order chi connectivity index (χ0) is 18.9. The fourth-order valence-electron chi connectivity index (χ4n) is 1.94. The van der Waals surface area contributed by atoms with Crippen molar-refractivity contribution in [3.8, 4) is 0 Å². The highest BCUT2D eigenvalue weighted by Gasteiger charge is 2.15. The first kappa shape index (κ1) is 21.2. The molecule has 0 aliphatic carbocycles. The molecule has 2 rings (SSSR count). The molecule has 0 radical (unpaired) electrons. The van der Waals surface area contributed by atoms with Crippen molar-refractivity contribution in [2.75, 3.05) is 6.54 Å². The van der Waals surface area contributed by atoms with Crippen LogP contribution in [-0.4, -0.2) is 17.7 Å². The largest absolute Gasteiger partial charge is 0.445 e. The predicted molar refractivity (Wildman–Crippen MR) is 104 cm³/mol. The van der Waals surface area contributed by atoms with Crippen LogP contribution in [0.4, 0.5) is 4.79 Å². The fraction of sp³-hybridized carbons (Fsp3) is 0.350. The molecule has 1 amide bonds. The molecule has 0 unspecified atom stereocenters. The second-order valence-corrected chi connectivity index (χ2v) is 6.97. The zero-order valence-corrected chi connectivity index (χ0v) is 16.8. The van der Waals surface area contributed by atoms with Crippen molar-refractivity contribution in [2.45, 2.75) is 39.9 Å². The Morgan fingerprint density at radius 1 is 1.20 bits per heavy atom. The normalized spacial score (nSPS) is 10.5. The first-order chi connectivity index (χ1) is 11.7. The second kappa shape index (κ2) is 10.2. The maximum absolute atomic E-state index is 10.9. The van der Waals surface area contributed by atoms with Gasteiger partial charge in [-0.25, -0.2) is 4.79 Å². The summed E-state index contributed by atoms with van der Waals surface area (Å²) in [5.41, 5.74) is 2.34. The summed E-state index contributed by atoms with van der Waals surface area (Å²) in [6, 6.07) is 15.5. The quantitative estimate of drug-likeness (QED) is 0.755. The zero-order valence-electron chi connectivity index (χ0n) is 15.2. The standard InChI is InChI=1S/C10H13BrO.C10H13NO2/c1-7-6-8(10(2,3)12)4-5-9(7)11;1-2-11-10(12)13-8-9-6-4-3-5-7-9/h4-6,12H,1-3H3;3-7H,2,8H2,1H3,(H,11,12). The fourth-order valence-corrected chi connectivity index (χ4v) is 2.19. The van der Waals surface area contributed by atoms with Gasteiger partial charge >= 0.3 is 6.09 Å². The third-order valence-corrected chi connectivity index (χ3v) is 4.29. The number of alkyl carbamates (subject to hydrolysis) is 1. The van der Waals surface area contributed by atoms with Gasteiger partial charge in [0.2, 0.25) is 0 Å². The van der Waals surface area contributed by atoms with Crippen LogP contribution in [0.3, 0.4) is 0 Å². The molecule has 2 aromatic carbocycles. The summed E-state index contributed by atoms with van der Waals surface area (Å²) in [5.74, 6) is 0. The number of carbonyl (C=O) groups excluding carboxylic acids is 1. The Morgan fingerprint density at radius 2 is 1.84 bits per heavy atom. The van der Waals surface area contributed by atoms with Crippen LogP contribution in [-0.2, 0) is 16.9 Å². The van der Waals surface area contributed by atoms with Crippen LogP contribution < -0.4 is 5.32 Å². The van der Waals surface area contributed by atoms with Gasteiger partial charge in [-0.05, 0) is 50.5 Å². The number of aryl methyl sites for hydroxylation is 1. The van der Waals surface area contributed by atoms with E-state index >= 15 is 0 Å². The Hall–Kier alpha value is -1.85. The molecule has 25 heavy (non-hydrogen) atoms. The van der Waals surface area contributed by atoms with Gasteiger partial charge in [0.25, 0.3) is 0 Å². The summed E-state index contributed by atoms with van der Waals surface area (Å²) in [6.45, 7) is 8.36. The number of rotatable bonds is 4. The van der Waals surface area contributed by atoms with Crippen molar-refractivity contribution >= 4 is 22.0 Å². The van der Waals surface area contributed by atoms with E-state index < -0.39 is 5.60 Å². The minimum atomic E-state index is -0.745. The molecule has 0 atom stereocenters. The highest BCUT2D eigenvalue weighted by Crippen LogP contribution is 2.24. The molecule has 0 heterocycles. The van der Waals surface area contributed by atoms with Crippen LogP contribution >= 0.6 is 15.9 Å². The average Bonchev–Trinajstić information content (AvgIpc) is 2.56. The Balaban J connectivity index is 0.000000251. The second-order valence-electron chi connectivity index (χ2n) is 6.12. The molecule has 2 aromatic rings. The van der Waals surface area contributed by atoms with Gasteiger partial charge in [0, 0.05) is 11.0 Å². The summed E-state index contributed by atoms with van der Waals surface area (Å²) in [6.07, 6.45) is -0.369. The Bertz CT molecular complexity index is 666. The highest BCUT2D eigenvalue weighted by molar-refractivity contribution is 9.10. The molecule has 4 nitrogen and oxygen atoms in total. The molecular formula is C20H26BrNO3. The van der Waals surface area contributed by atoms with Crippen molar-refractivity contribution in [3.05, 3.63) is 69.7 Å². The van der Waals surface area contributed by atoms with Gasteiger partial charge in [-0.2, -0.15) is 0 Å². The minimum absolute atomic E-state index is 0.326. The van der Waals surface area contributed by atoms with Crippen molar-refractivity contribution in [2.24, 2.45) is 0 Å². The molecule has 0 aliphatic heterocycles. The van der Waals surface area contributed by atoms with E-state index in [1.54, 1.807) is 13.8 Å². The smallest absolute Gasteiger partial charge is 0.407 e. The predicted octanol–water partition coefficient (Wildman–Crippen LogP) is 4.92. The van der Waals surface area contributed by atoms with Gasteiger partial charge in [-0.15, -0.1) is 0 Å². The van der Waals surface area contributed by atoms with Gasteiger partial charge in [-0.1, -0.05) is 58.4 Å². The highest BCUT2D eigenvalue weighted by atomic mass is 79.9. The van der Waals surface area contributed by atoms with Crippen LogP contribution in [0.2, 0.25) is 0 Å². The third kappa shape index (κ3) is 8.18. The number of hydrogen-bond acceptors (Lipinski definition) is 3. The number of benzene rings is 2. The lowest BCUT2D eigenvalue weighted by Crippen LogP contribution is -2.23. The first-order valence-corrected chi connectivity index (χ1v) is 8.97. The molecule has 0 saturated heterocycles. The van der Waals surface area contributed by atoms with Crippen molar-refractivity contribution < 1.29 is 14.6 Å². The van der Waals surface area contributed by atoms with E-state index in [4.69, 9.17) is 4.74 Å². The lowest BCUT2D eigenvalue weighted by molar-refractivity contribution is 0.0785. The molecule has 0 aromatic heterocycles. The summed E-state index contributed by atoms with van der Waals surface area (Å²) in [7, 11) is 0. The molecule has 0 fully saturated rings. The van der Waals surface area contributed by atoms with Crippen LogP contribution in [0, 0.1) is 6.92 Å². The van der Waals surface area contributed by atoms with Crippen LogP contribution in [0.15, 0.2) is 53.0 Å². The summed E-state index contributed by atoms with van der Waals surface area (Å²) < 4.78 is 6.00. The van der Waals surface area contributed by atoms with E-state index in [0.717, 1.165) is 21.2 Å². The topological polar surface area (TPSA) is 58.6 Å². The Labute approximate surface area is 158 Å². The molecule has 136 valence electrons. The van der Waals surface area contributed by atoms with E-state index in [1.807, 2.05) is 62.4 Å². The van der Waals surface area contributed by atoms with E-state index in [-0.39, 0.29) is 6.09 Å². The maximum Gasteiger partial charge on any atom is 0.407 e. The van der Waals surface area contributed by atoms with E-state index in [2.05, 4.69) is 21.2 Å². The molecule has 0 bridgehead atoms. The van der Waals surface area contributed by atoms with Gasteiger partial charge in [0.1, 0.15) is 6.61 Å². The number of nitrogens with one attached hydrogen (secondary N) is 1. The molecule has 5 heteroatoms. The van der Waals surface area contributed by atoms with Gasteiger partial charge in [-0.3, -0.25) is 0 Å². The van der Waals surface area contributed by atoms with Gasteiger partial charge in [0.15, 0.2) is 0 Å². The summed E-state index contributed by atoms with van der Waals surface area (Å²) in [4.78, 5) is 10.9. The number of halogens is 1. The SMILES string of the molecule is CCNC(=O)OCc1ccccc1.Cc1cc(C(C)(C)O)ccc1Br. The van der Waals surface area contributed by atoms with Crippen molar-refractivity contribution in [1.29, 1.82) is 0 Å². The first-order valence-electron chi connectivity index (χ1n) is 8.17. The molecule has 0 saturated carbocycles. The van der Waals surface area contributed by atoms with E-state index in [1.165, 1.54) is 0 Å². The molecular weight excluding hydrogens is 382 g/mol. The maximum atomic E-state index is 10.9. The number of aliphatic hydroxyl groups is 1. The molecule has 2 N–H and O–H groups in total. The number of ether oxygens (including phenoxy) is 1. The Morgan fingerprint density at radius 3 is 2.36 bits per heavy atom. The number of amides is 1. The summed E-state index contributed by atoms with van der Waals surface area (Å²) >= 11 is 3.41. The van der Waals surface area contributed by atoms with E-state index in [0.29, 0.717) is 13.2 Å². The van der Waals surface area contributed by atoms with Crippen molar-refractivity contribution in [3.63, 3.8) is 0 Å². The minimum Gasteiger partial charge on any atom is -0.445 e. The van der Waals surface area contributed by atoms with Crippen LogP contribution in [0.5, 0.6) is 0 Å². The van der Waals surface area contributed by atoms with Crippen LogP contribution in [0.1, 0.15) is 37.5 Å². The lowest BCUT2D eigenvalue weighted by atomic mass is 9.97. The third-order valence-electron chi connectivity index (χ3n) is 3.40. The molecule has 0 spiro atoms. The average molecular weight is 408 g/mol. The summed E-state index contributed by atoms with van der Waals surface area (Å²) in [5, 5.41) is 12.2. The van der Waals surface area contributed by atoms with Gasteiger partial charge in [0.05, 0.1) is 5.60 Å². The number of hydrogen-bond donors (Lipinski definition) is 2.